The van der Waals surface area contributed by atoms with Crippen LogP contribution in [0.4, 0.5) is 0 Å². The van der Waals surface area contributed by atoms with Crippen LogP contribution in [0.15, 0.2) is 39.8 Å². The van der Waals surface area contributed by atoms with Gasteiger partial charge in [0.1, 0.15) is 5.01 Å². The number of halogens is 1. The third-order valence-electron chi connectivity index (χ3n) is 6.26. The van der Waals surface area contributed by atoms with E-state index in [2.05, 4.69) is 5.32 Å². The molecule has 2 bridgehead atoms. The van der Waals surface area contributed by atoms with Crippen LogP contribution in [0.25, 0.3) is 10.2 Å². The summed E-state index contributed by atoms with van der Waals surface area (Å²) in [6, 6.07) is 8.58. The molecule has 0 unspecified atom stereocenters. The molecule has 150 valence electrons. The van der Waals surface area contributed by atoms with Gasteiger partial charge in [-0.1, -0.05) is 11.6 Å². The monoisotopic (exact) mass is 448 g/mol. The third-order valence-corrected chi connectivity index (χ3v) is 9.91. The number of hydrogen-bond donors (Lipinski definition) is 1. The van der Waals surface area contributed by atoms with Crippen molar-refractivity contribution in [1.82, 2.24) is 10.3 Å². The Kier molecular flexibility index (Phi) is 3.47. The van der Waals surface area contributed by atoms with Crippen LogP contribution >= 0.6 is 22.9 Å². The summed E-state index contributed by atoms with van der Waals surface area (Å²) < 4.78 is 31.0. The van der Waals surface area contributed by atoms with Crippen LogP contribution < -0.4 is 5.32 Å². The van der Waals surface area contributed by atoms with Crippen molar-refractivity contribution in [3.05, 3.63) is 46.1 Å². The largest absolute Gasteiger partial charge is 0.440 e. The summed E-state index contributed by atoms with van der Waals surface area (Å²) in [5.74, 6) is -0.302. The van der Waals surface area contributed by atoms with Crippen molar-refractivity contribution in [2.75, 3.05) is 0 Å². The Morgan fingerprint density at radius 1 is 1.21 bits per heavy atom. The SMILES string of the molecule is O=C(NC12CC(c3nc4cc(Cl)ccc4s3)(C1)C2)c1ccc(S(=O)(=O)C2CC2)o1. The summed E-state index contributed by atoms with van der Waals surface area (Å²) in [6.07, 6.45) is 3.84. The van der Waals surface area contributed by atoms with Crippen LogP contribution in [0, 0.1) is 0 Å². The van der Waals surface area contributed by atoms with Crippen molar-refractivity contribution < 1.29 is 17.6 Å². The van der Waals surface area contributed by atoms with Gasteiger partial charge in [0.15, 0.2) is 5.76 Å². The van der Waals surface area contributed by atoms with E-state index in [-0.39, 0.29) is 33.0 Å². The molecule has 3 aromatic rings. The minimum atomic E-state index is -3.43. The molecule has 4 saturated carbocycles. The van der Waals surface area contributed by atoms with Crippen LogP contribution in [0.3, 0.4) is 0 Å². The first-order valence-electron chi connectivity index (χ1n) is 9.52. The Labute approximate surface area is 176 Å². The van der Waals surface area contributed by atoms with E-state index in [1.807, 2.05) is 18.2 Å². The van der Waals surface area contributed by atoms with Gasteiger partial charge in [0.25, 0.3) is 5.91 Å². The third kappa shape index (κ3) is 2.62. The molecule has 9 heteroatoms. The predicted octanol–water partition coefficient (Wildman–Crippen LogP) is 4.08. The van der Waals surface area contributed by atoms with Gasteiger partial charge in [-0.3, -0.25) is 4.79 Å². The van der Waals surface area contributed by atoms with Crippen LogP contribution in [-0.4, -0.2) is 30.1 Å². The lowest BCUT2D eigenvalue weighted by atomic mass is 9.39. The average molecular weight is 449 g/mol. The summed E-state index contributed by atoms with van der Waals surface area (Å²) >= 11 is 7.75. The molecule has 0 saturated heterocycles. The number of aromatic nitrogens is 1. The molecule has 4 fully saturated rings. The molecule has 7 rings (SSSR count). The molecule has 2 heterocycles. The van der Waals surface area contributed by atoms with Gasteiger partial charge < -0.3 is 9.73 Å². The molecule has 4 aliphatic carbocycles. The van der Waals surface area contributed by atoms with E-state index in [0.717, 1.165) is 34.5 Å². The van der Waals surface area contributed by atoms with Crippen molar-refractivity contribution in [3.63, 3.8) is 0 Å². The van der Waals surface area contributed by atoms with Crippen molar-refractivity contribution in [3.8, 4) is 0 Å². The number of thiazole rings is 1. The minimum absolute atomic E-state index is 0.0348. The summed E-state index contributed by atoms with van der Waals surface area (Å²) in [4.78, 5) is 17.4. The van der Waals surface area contributed by atoms with Crippen LogP contribution in [0.1, 0.15) is 47.7 Å². The second-order valence-corrected chi connectivity index (χ2v) is 12.2. The fourth-order valence-corrected chi connectivity index (χ4v) is 7.56. The number of hydrogen-bond acceptors (Lipinski definition) is 6. The van der Waals surface area contributed by atoms with Gasteiger partial charge in [0.2, 0.25) is 14.9 Å². The van der Waals surface area contributed by atoms with Gasteiger partial charge in [0.05, 0.1) is 15.5 Å². The highest BCUT2D eigenvalue weighted by Crippen LogP contribution is 2.68. The Balaban J connectivity index is 1.16. The molecule has 0 atom stereocenters. The molecule has 0 aliphatic heterocycles. The minimum Gasteiger partial charge on any atom is -0.440 e. The second-order valence-electron chi connectivity index (χ2n) is 8.54. The zero-order valence-corrected chi connectivity index (χ0v) is 17.7. The van der Waals surface area contributed by atoms with Crippen LogP contribution in [-0.2, 0) is 15.3 Å². The Morgan fingerprint density at radius 3 is 2.69 bits per heavy atom. The Morgan fingerprint density at radius 2 is 1.97 bits per heavy atom. The number of furan rings is 1. The number of sulfone groups is 1. The van der Waals surface area contributed by atoms with E-state index in [1.165, 1.54) is 12.1 Å². The summed E-state index contributed by atoms with van der Waals surface area (Å²) in [6.45, 7) is 0. The number of benzene rings is 1. The number of carbonyl (C=O) groups excluding carboxylic acids is 1. The molecule has 4 aliphatic rings. The van der Waals surface area contributed by atoms with Gasteiger partial charge in [-0.15, -0.1) is 11.3 Å². The first-order valence-corrected chi connectivity index (χ1v) is 12.3. The number of nitrogens with zero attached hydrogens (tertiary/aromatic N) is 1. The van der Waals surface area contributed by atoms with Gasteiger partial charge >= 0.3 is 0 Å². The Hall–Kier alpha value is -1.90. The van der Waals surface area contributed by atoms with E-state index in [0.29, 0.717) is 17.9 Å². The first kappa shape index (κ1) is 17.9. The fourth-order valence-electron chi connectivity index (χ4n) is 4.71. The summed E-state index contributed by atoms with van der Waals surface area (Å²) in [5, 5.41) is 4.37. The molecule has 1 amide bonds. The van der Waals surface area contributed by atoms with Crippen molar-refractivity contribution in [2.45, 2.75) is 53.4 Å². The standard InChI is InChI=1S/C20H17ClN2O4S2/c21-11-1-5-15-13(7-11)22-18(28-15)19-8-20(9-19,10-19)23-17(24)14-4-6-16(27-14)29(25,26)12-2-3-12/h1,4-7,12H,2-3,8-10H2,(H,23,24). The quantitative estimate of drug-likeness (QED) is 0.635. The molecular weight excluding hydrogens is 432 g/mol. The smallest absolute Gasteiger partial charge is 0.287 e. The lowest BCUT2D eigenvalue weighted by Gasteiger charge is -2.69. The number of nitrogens with one attached hydrogen (secondary N) is 1. The van der Waals surface area contributed by atoms with Gasteiger partial charge in [0, 0.05) is 16.0 Å². The van der Waals surface area contributed by atoms with Crippen molar-refractivity contribution in [2.24, 2.45) is 0 Å². The predicted molar refractivity (Wildman–Crippen MR) is 109 cm³/mol. The van der Waals surface area contributed by atoms with E-state index >= 15 is 0 Å². The highest BCUT2D eigenvalue weighted by molar-refractivity contribution is 7.92. The molecule has 0 spiro atoms. The lowest BCUT2D eigenvalue weighted by Crippen LogP contribution is -2.76. The molecule has 6 nitrogen and oxygen atoms in total. The fraction of sp³-hybridized carbons (Fsp3) is 0.400. The number of carbonyl (C=O) groups is 1. The molecule has 1 N–H and O–H groups in total. The molecule has 0 radical (unpaired) electrons. The van der Waals surface area contributed by atoms with Crippen molar-refractivity contribution in [1.29, 1.82) is 0 Å². The maximum absolute atomic E-state index is 12.6. The molecule has 2 aromatic heterocycles. The van der Waals surface area contributed by atoms with Gasteiger partial charge in [-0.2, -0.15) is 0 Å². The molecule has 29 heavy (non-hydrogen) atoms. The highest BCUT2D eigenvalue weighted by Gasteiger charge is 2.70. The normalized spacial score (nSPS) is 28.0. The molecular formula is C20H17ClN2O4S2. The summed E-state index contributed by atoms with van der Waals surface area (Å²) in [7, 11) is -3.43. The van der Waals surface area contributed by atoms with E-state index in [1.54, 1.807) is 11.3 Å². The van der Waals surface area contributed by atoms with Crippen LogP contribution in [0.5, 0.6) is 0 Å². The highest BCUT2D eigenvalue weighted by atomic mass is 35.5. The summed E-state index contributed by atoms with van der Waals surface area (Å²) in [5.41, 5.74) is 0.711. The topological polar surface area (TPSA) is 89.3 Å². The van der Waals surface area contributed by atoms with Crippen molar-refractivity contribution >= 4 is 48.9 Å². The van der Waals surface area contributed by atoms with Gasteiger partial charge in [-0.25, -0.2) is 13.4 Å². The average Bonchev–Trinajstić information content (AvgIpc) is 3.21. The van der Waals surface area contributed by atoms with E-state index in [9.17, 15) is 13.2 Å². The van der Waals surface area contributed by atoms with E-state index < -0.39 is 9.84 Å². The van der Waals surface area contributed by atoms with Gasteiger partial charge in [-0.05, 0) is 62.4 Å². The second kappa shape index (κ2) is 5.62. The zero-order valence-electron chi connectivity index (χ0n) is 15.3. The lowest BCUT2D eigenvalue weighted by molar-refractivity contribution is -0.0811. The molecule has 1 aromatic carbocycles. The maximum Gasteiger partial charge on any atom is 0.287 e. The first-order chi connectivity index (χ1) is 13.8. The zero-order chi connectivity index (χ0) is 20.0. The van der Waals surface area contributed by atoms with E-state index in [4.69, 9.17) is 21.0 Å². The number of amides is 1. The Bertz CT molecular complexity index is 1270. The number of fused-ring (bicyclic) bond motifs is 1. The maximum atomic E-state index is 12.6. The number of rotatable bonds is 5. The van der Waals surface area contributed by atoms with Crippen LogP contribution in [0.2, 0.25) is 5.02 Å².